The van der Waals surface area contributed by atoms with E-state index in [9.17, 15) is 9.59 Å². The Morgan fingerprint density at radius 1 is 1.17 bits per heavy atom. The number of hydrogen-bond acceptors (Lipinski definition) is 4. The fourth-order valence-corrected chi connectivity index (χ4v) is 4.14. The van der Waals surface area contributed by atoms with Gasteiger partial charge in [0.25, 0.3) is 5.91 Å². The van der Waals surface area contributed by atoms with Crippen LogP contribution in [0.2, 0.25) is 0 Å². The summed E-state index contributed by atoms with van der Waals surface area (Å²) in [7, 11) is 0. The summed E-state index contributed by atoms with van der Waals surface area (Å²) in [5.41, 5.74) is 0. The Kier molecular flexibility index (Phi) is 3.85. The van der Waals surface area contributed by atoms with Gasteiger partial charge in [-0.25, -0.2) is 0 Å². The van der Waals surface area contributed by atoms with E-state index in [-0.39, 0.29) is 23.7 Å². The van der Waals surface area contributed by atoms with Crippen molar-refractivity contribution in [3.8, 4) is 0 Å². The fourth-order valence-electron chi connectivity index (χ4n) is 4.14. The predicted octanol–water partition coefficient (Wildman–Crippen LogP) is 0.906. The Morgan fingerprint density at radius 2 is 2.00 bits per heavy atom. The molecule has 3 saturated heterocycles. The molecule has 0 radical (unpaired) electrons. The molecule has 0 N–H and O–H groups in total. The van der Waals surface area contributed by atoms with E-state index in [1.165, 1.54) is 32.2 Å². The third kappa shape index (κ3) is 2.76. The lowest BCUT2D eigenvalue weighted by Gasteiger charge is -2.23. The number of carbonyl (C=O) groups excluding carboxylic acids is 2. The van der Waals surface area contributed by atoms with Crippen molar-refractivity contribution in [2.45, 2.75) is 12.8 Å². The van der Waals surface area contributed by atoms with E-state index in [2.05, 4.69) is 4.90 Å². The summed E-state index contributed by atoms with van der Waals surface area (Å²) in [6, 6.07) is 3.40. The first-order valence-electron chi connectivity index (χ1n) is 8.56. The first kappa shape index (κ1) is 14.8. The number of likely N-dealkylation sites (tertiary alicyclic amines) is 3. The van der Waals surface area contributed by atoms with E-state index in [0.717, 1.165) is 19.6 Å². The van der Waals surface area contributed by atoms with Gasteiger partial charge in [-0.05, 0) is 38.1 Å². The Bertz CT molecular complexity index is 580. The predicted molar refractivity (Wildman–Crippen MR) is 83.8 cm³/mol. The minimum Gasteiger partial charge on any atom is -0.459 e. The van der Waals surface area contributed by atoms with Crippen LogP contribution in [0.25, 0.3) is 0 Å². The number of amides is 2. The van der Waals surface area contributed by atoms with Gasteiger partial charge >= 0.3 is 0 Å². The number of rotatable bonds is 4. The van der Waals surface area contributed by atoms with Crippen molar-refractivity contribution >= 4 is 11.8 Å². The molecule has 3 aliphatic rings. The molecule has 0 saturated carbocycles. The summed E-state index contributed by atoms with van der Waals surface area (Å²) in [4.78, 5) is 31.1. The highest BCUT2D eigenvalue weighted by atomic mass is 16.3. The lowest BCUT2D eigenvalue weighted by atomic mass is 10.0. The molecule has 0 unspecified atom stereocenters. The summed E-state index contributed by atoms with van der Waals surface area (Å²) in [5.74, 6) is 0.751. The molecule has 4 heterocycles. The van der Waals surface area contributed by atoms with Crippen LogP contribution in [0.4, 0.5) is 0 Å². The third-order valence-corrected chi connectivity index (χ3v) is 5.43. The Morgan fingerprint density at radius 3 is 2.70 bits per heavy atom. The van der Waals surface area contributed by atoms with Gasteiger partial charge < -0.3 is 19.1 Å². The molecule has 124 valence electrons. The van der Waals surface area contributed by atoms with Crippen molar-refractivity contribution in [2.24, 2.45) is 11.8 Å². The number of hydrogen-bond donors (Lipinski definition) is 0. The smallest absolute Gasteiger partial charge is 0.289 e. The molecule has 0 aliphatic carbocycles. The van der Waals surface area contributed by atoms with E-state index in [4.69, 9.17) is 4.42 Å². The molecule has 0 spiro atoms. The average molecular weight is 317 g/mol. The van der Waals surface area contributed by atoms with E-state index >= 15 is 0 Å². The molecule has 4 rings (SSSR count). The van der Waals surface area contributed by atoms with Crippen molar-refractivity contribution < 1.29 is 14.0 Å². The van der Waals surface area contributed by atoms with E-state index in [0.29, 0.717) is 18.8 Å². The second-order valence-corrected chi connectivity index (χ2v) is 6.89. The van der Waals surface area contributed by atoms with Gasteiger partial charge in [0.05, 0.1) is 12.2 Å². The SMILES string of the molecule is O=C(c1ccco1)N1C[C@@H]2CN(CCN3CCCC3)C(=O)[C@@H]2C1. The van der Waals surface area contributed by atoms with Gasteiger partial charge in [-0.3, -0.25) is 9.59 Å². The topological polar surface area (TPSA) is 57.0 Å². The lowest BCUT2D eigenvalue weighted by molar-refractivity contribution is -0.131. The number of carbonyl (C=O) groups is 2. The maximum absolute atomic E-state index is 12.6. The highest BCUT2D eigenvalue weighted by molar-refractivity contribution is 5.93. The molecule has 6 heteroatoms. The first-order chi connectivity index (χ1) is 11.2. The second kappa shape index (κ2) is 6.00. The van der Waals surface area contributed by atoms with Crippen LogP contribution >= 0.6 is 0 Å². The largest absolute Gasteiger partial charge is 0.459 e. The van der Waals surface area contributed by atoms with Gasteiger partial charge in [0.15, 0.2) is 5.76 Å². The molecule has 23 heavy (non-hydrogen) atoms. The monoisotopic (exact) mass is 317 g/mol. The van der Waals surface area contributed by atoms with E-state index in [1.54, 1.807) is 17.0 Å². The maximum atomic E-state index is 12.6. The van der Waals surface area contributed by atoms with Crippen molar-refractivity contribution in [2.75, 3.05) is 45.8 Å². The number of fused-ring (bicyclic) bond motifs is 1. The number of furan rings is 1. The molecule has 0 bridgehead atoms. The zero-order valence-corrected chi connectivity index (χ0v) is 13.3. The van der Waals surface area contributed by atoms with Crippen molar-refractivity contribution in [3.63, 3.8) is 0 Å². The Balaban J connectivity index is 1.32. The van der Waals surface area contributed by atoms with Crippen LogP contribution in [-0.2, 0) is 4.79 Å². The molecule has 6 nitrogen and oxygen atoms in total. The van der Waals surface area contributed by atoms with Gasteiger partial charge in [0.2, 0.25) is 5.91 Å². The zero-order chi connectivity index (χ0) is 15.8. The summed E-state index contributed by atoms with van der Waals surface area (Å²) in [5, 5.41) is 0. The molecular weight excluding hydrogens is 294 g/mol. The summed E-state index contributed by atoms with van der Waals surface area (Å²) in [6.07, 6.45) is 4.07. The zero-order valence-electron chi connectivity index (χ0n) is 13.3. The quantitative estimate of drug-likeness (QED) is 0.828. The first-order valence-corrected chi connectivity index (χ1v) is 8.56. The van der Waals surface area contributed by atoms with Crippen LogP contribution in [-0.4, -0.2) is 72.3 Å². The van der Waals surface area contributed by atoms with Gasteiger partial charge in [-0.2, -0.15) is 0 Å². The van der Waals surface area contributed by atoms with Crippen molar-refractivity contribution in [1.29, 1.82) is 0 Å². The van der Waals surface area contributed by atoms with Crippen LogP contribution in [0.5, 0.6) is 0 Å². The third-order valence-electron chi connectivity index (χ3n) is 5.43. The van der Waals surface area contributed by atoms with Crippen LogP contribution < -0.4 is 0 Å². The molecule has 0 aromatic carbocycles. The second-order valence-electron chi connectivity index (χ2n) is 6.89. The van der Waals surface area contributed by atoms with Crippen molar-refractivity contribution in [1.82, 2.24) is 14.7 Å². The van der Waals surface area contributed by atoms with Gasteiger partial charge in [-0.1, -0.05) is 0 Å². The number of nitrogens with zero attached hydrogens (tertiary/aromatic N) is 3. The van der Waals surface area contributed by atoms with Crippen LogP contribution in [0.1, 0.15) is 23.4 Å². The highest BCUT2D eigenvalue weighted by Gasteiger charge is 2.47. The van der Waals surface area contributed by atoms with Crippen LogP contribution in [0, 0.1) is 11.8 Å². The van der Waals surface area contributed by atoms with Crippen LogP contribution in [0.3, 0.4) is 0 Å². The van der Waals surface area contributed by atoms with Gasteiger partial charge in [-0.15, -0.1) is 0 Å². The molecule has 2 amide bonds. The molecular formula is C17H23N3O3. The minimum absolute atomic E-state index is 0.0208. The highest BCUT2D eigenvalue weighted by Crippen LogP contribution is 2.33. The van der Waals surface area contributed by atoms with Crippen molar-refractivity contribution in [3.05, 3.63) is 24.2 Å². The fraction of sp³-hybridized carbons (Fsp3) is 0.647. The Hall–Kier alpha value is -1.82. The summed E-state index contributed by atoms with van der Waals surface area (Å²) in [6.45, 7) is 6.14. The minimum atomic E-state index is -0.0965. The molecule has 3 fully saturated rings. The van der Waals surface area contributed by atoms with Gasteiger partial charge in [0.1, 0.15) is 0 Å². The molecule has 3 aliphatic heterocycles. The van der Waals surface area contributed by atoms with E-state index in [1.807, 2.05) is 4.90 Å². The molecule has 1 aromatic heterocycles. The molecule has 1 aromatic rings. The van der Waals surface area contributed by atoms with Crippen LogP contribution in [0.15, 0.2) is 22.8 Å². The summed E-state index contributed by atoms with van der Waals surface area (Å²) >= 11 is 0. The Labute approximate surface area is 136 Å². The standard InChI is InChI=1S/C17H23N3O3/c21-16-14-12-20(17(22)15-4-3-9-23-15)11-13(14)10-19(16)8-7-18-5-1-2-6-18/h3-4,9,13-14H,1-2,5-8,10-12H2/t13-,14+/m0/s1. The maximum Gasteiger partial charge on any atom is 0.289 e. The molecule has 2 atom stereocenters. The average Bonchev–Trinajstić information content (AvgIpc) is 3.32. The summed E-state index contributed by atoms with van der Waals surface area (Å²) < 4.78 is 5.18. The normalized spacial score (nSPS) is 27.9. The van der Waals surface area contributed by atoms with Gasteiger partial charge in [0, 0.05) is 38.6 Å². The van der Waals surface area contributed by atoms with E-state index < -0.39 is 0 Å². The lowest BCUT2D eigenvalue weighted by Crippen LogP contribution is -2.39.